The van der Waals surface area contributed by atoms with Crippen molar-refractivity contribution in [2.75, 3.05) is 6.26 Å². The van der Waals surface area contributed by atoms with Crippen LogP contribution in [0, 0.1) is 5.82 Å². The van der Waals surface area contributed by atoms with Crippen LogP contribution in [0.1, 0.15) is 28.7 Å². The summed E-state index contributed by atoms with van der Waals surface area (Å²) in [5.41, 5.74) is 5.54. The van der Waals surface area contributed by atoms with Crippen LogP contribution in [0.4, 0.5) is 4.39 Å². The number of hydrogen-bond acceptors (Lipinski definition) is 2. The second-order valence-electron chi connectivity index (χ2n) is 7.31. The lowest BCUT2D eigenvalue weighted by Gasteiger charge is -2.08. The smallest absolute Gasteiger partial charge is 0.224 e. The molecule has 31 heavy (non-hydrogen) atoms. The Kier molecular flexibility index (Phi) is 6.59. The molecule has 5 heteroatoms. The van der Waals surface area contributed by atoms with Crippen molar-refractivity contribution in [3.63, 3.8) is 0 Å². The molecule has 0 fully saturated rings. The number of hydrogen-bond donors (Lipinski definition) is 1. The van der Waals surface area contributed by atoms with Crippen molar-refractivity contribution in [1.82, 2.24) is 5.32 Å². The Labute approximate surface area is 190 Å². The zero-order chi connectivity index (χ0) is 21.8. The van der Waals surface area contributed by atoms with E-state index in [0.29, 0.717) is 11.6 Å². The maximum Gasteiger partial charge on any atom is 0.224 e. The molecular formula is C26H21ClFNOS. The van der Waals surface area contributed by atoms with E-state index < -0.39 is 0 Å². The summed E-state index contributed by atoms with van der Waals surface area (Å²) in [4.78, 5) is 13.8. The number of carbonyl (C=O) groups excluding carboxylic acids is 1. The summed E-state index contributed by atoms with van der Waals surface area (Å²) in [6, 6.07) is 20.4. The maximum atomic E-state index is 14.0. The zero-order valence-electron chi connectivity index (χ0n) is 17.0. The van der Waals surface area contributed by atoms with E-state index >= 15 is 0 Å². The van der Waals surface area contributed by atoms with Crippen LogP contribution in [0.25, 0.3) is 17.2 Å². The molecule has 0 aromatic heterocycles. The van der Waals surface area contributed by atoms with Crippen molar-refractivity contribution in [2.45, 2.75) is 17.9 Å². The first-order valence-corrected chi connectivity index (χ1v) is 11.5. The average Bonchev–Trinajstić information content (AvgIpc) is 3.10. The normalized spacial score (nSPS) is 13.8. The van der Waals surface area contributed by atoms with Gasteiger partial charge in [-0.15, -0.1) is 11.8 Å². The van der Waals surface area contributed by atoms with Crippen molar-refractivity contribution in [3.8, 4) is 0 Å². The van der Waals surface area contributed by atoms with E-state index in [1.54, 1.807) is 30.0 Å². The van der Waals surface area contributed by atoms with E-state index in [0.717, 1.165) is 33.4 Å². The van der Waals surface area contributed by atoms with Crippen LogP contribution in [0.15, 0.2) is 77.7 Å². The van der Waals surface area contributed by atoms with Gasteiger partial charge in [-0.25, -0.2) is 4.39 Å². The van der Waals surface area contributed by atoms with E-state index in [4.69, 9.17) is 11.6 Å². The molecule has 2 nitrogen and oxygen atoms in total. The molecule has 1 aliphatic carbocycles. The highest BCUT2D eigenvalue weighted by molar-refractivity contribution is 7.98. The van der Waals surface area contributed by atoms with E-state index in [2.05, 4.69) is 35.7 Å². The zero-order valence-corrected chi connectivity index (χ0v) is 18.6. The number of rotatable bonds is 6. The van der Waals surface area contributed by atoms with Crippen molar-refractivity contribution in [2.24, 2.45) is 0 Å². The average molecular weight is 450 g/mol. The molecule has 0 saturated carbocycles. The highest BCUT2D eigenvalue weighted by Crippen LogP contribution is 2.38. The summed E-state index contributed by atoms with van der Waals surface area (Å²) in [5.74, 6) is -0.418. The van der Waals surface area contributed by atoms with Crippen molar-refractivity contribution >= 4 is 46.5 Å². The lowest BCUT2D eigenvalue weighted by Crippen LogP contribution is -2.22. The molecule has 0 saturated heterocycles. The Morgan fingerprint density at radius 1 is 1.03 bits per heavy atom. The van der Waals surface area contributed by atoms with Gasteiger partial charge in [0, 0.05) is 16.5 Å². The topological polar surface area (TPSA) is 29.1 Å². The van der Waals surface area contributed by atoms with Gasteiger partial charge in [-0.3, -0.25) is 4.79 Å². The number of nitrogens with one attached hydrogen (secondary N) is 1. The van der Waals surface area contributed by atoms with E-state index in [9.17, 15) is 9.18 Å². The number of fused-ring (bicyclic) bond motifs is 1. The van der Waals surface area contributed by atoms with E-state index in [1.165, 1.54) is 17.0 Å². The Morgan fingerprint density at radius 2 is 1.77 bits per heavy atom. The quantitative estimate of drug-likeness (QED) is 0.417. The number of carbonyl (C=O) groups is 1. The van der Waals surface area contributed by atoms with E-state index in [-0.39, 0.29) is 18.1 Å². The lowest BCUT2D eigenvalue weighted by molar-refractivity contribution is -0.120. The van der Waals surface area contributed by atoms with Crippen LogP contribution in [0.2, 0.25) is 5.02 Å². The molecule has 156 valence electrons. The largest absolute Gasteiger partial charge is 0.352 e. The number of thioether (sulfide) groups is 1. The van der Waals surface area contributed by atoms with Crippen molar-refractivity contribution in [3.05, 3.63) is 106 Å². The van der Waals surface area contributed by atoms with Crippen LogP contribution in [-0.4, -0.2) is 12.2 Å². The van der Waals surface area contributed by atoms with Gasteiger partial charge in [0.25, 0.3) is 0 Å². The highest BCUT2D eigenvalue weighted by Gasteiger charge is 2.21. The first-order valence-electron chi connectivity index (χ1n) is 9.89. The molecule has 0 spiro atoms. The van der Waals surface area contributed by atoms with Crippen LogP contribution in [-0.2, 0) is 11.3 Å². The number of halogens is 2. The Hall–Kier alpha value is -2.82. The molecule has 0 atom stereocenters. The number of amides is 1. The fourth-order valence-electron chi connectivity index (χ4n) is 3.56. The van der Waals surface area contributed by atoms with Gasteiger partial charge in [0.2, 0.25) is 5.91 Å². The van der Waals surface area contributed by atoms with Gasteiger partial charge in [-0.05, 0) is 88.2 Å². The molecule has 1 N–H and O–H groups in total. The lowest BCUT2D eigenvalue weighted by atomic mass is 10.0. The molecule has 3 aromatic rings. The molecule has 3 aromatic carbocycles. The van der Waals surface area contributed by atoms with Gasteiger partial charge >= 0.3 is 0 Å². The summed E-state index contributed by atoms with van der Waals surface area (Å²) >= 11 is 7.60. The number of benzene rings is 3. The van der Waals surface area contributed by atoms with Gasteiger partial charge in [0.05, 0.1) is 6.42 Å². The molecule has 0 bridgehead atoms. The molecule has 0 radical (unpaired) electrons. The third-order valence-corrected chi connectivity index (χ3v) is 6.16. The van der Waals surface area contributed by atoms with Gasteiger partial charge in [0.1, 0.15) is 5.82 Å². The van der Waals surface area contributed by atoms with Crippen LogP contribution in [0.3, 0.4) is 0 Å². The third kappa shape index (κ3) is 5.27. The highest BCUT2D eigenvalue weighted by atomic mass is 35.5. The maximum absolute atomic E-state index is 14.0. The fraction of sp³-hybridized carbons (Fsp3) is 0.115. The molecule has 0 heterocycles. The summed E-state index contributed by atoms with van der Waals surface area (Å²) in [6.45, 7) is 0.420. The molecule has 1 aliphatic rings. The minimum atomic E-state index is -0.309. The van der Waals surface area contributed by atoms with E-state index in [1.807, 2.05) is 24.5 Å². The molecule has 1 amide bonds. The minimum Gasteiger partial charge on any atom is -0.352 e. The summed E-state index contributed by atoms with van der Waals surface area (Å²) in [5, 5.41) is 3.59. The second kappa shape index (κ2) is 9.54. The first kappa shape index (κ1) is 21.4. The van der Waals surface area contributed by atoms with Crippen molar-refractivity contribution < 1.29 is 9.18 Å². The minimum absolute atomic E-state index is 0.109. The standard InChI is InChI=1S/C26H21ClFNOS/c1-31-23-9-4-17(5-10-23)12-19-13-20(25-15-22(28)8-11-24(19)25)14-26(30)29-16-18-2-6-21(27)7-3-18/h2-13,15H,14,16H2,1H3,(H,29,30)/b19-12+. The SMILES string of the molecule is CSc1ccc(/C=C2\C=C(CC(=O)NCc3ccc(Cl)cc3)c3cc(F)ccc32)cc1. The number of allylic oxidation sites excluding steroid dienone is 2. The summed E-state index contributed by atoms with van der Waals surface area (Å²) in [6.07, 6.45) is 6.28. The Morgan fingerprint density at radius 3 is 2.48 bits per heavy atom. The summed E-state index contributed by atoms with van der Waals surface area (Å²) < 4.78 is 14.0. The van der Waals surface area contributed by atoms with Gasteiger partial charge in [-0.2, -0.15) is 0 Å². The second-order valence-corrected chi connectivity index (χ2v) is 8.63. The molecular weight excluding hydrogens is 429 g/mol. The van der Waals surface area contributed by atoms with Crippen molar-refractivity contribution in [1.29, 1.82) is 0 Å². The fourth-order valence-corrected chi connectivity index (χ4v) is 4.10. The monoisotopic (exact) mass is 449 g/mol. The molecule has 4 rings (SSSR count). The van der Waals surface area contributed by atoms with Crippen LogP contribution >= 0.6 is 23.4 Å². The van der Waals surface area contributed by atoms with Crippen LogP contribution < -0.4 is 5.32 Å². The Balaban J connectivity index is 1.53. The summed E-state index contributed by atoms with van der Waals surface area (Å²) in [7, 11) is 0. The van der Waals surface area contributed by atoms with Gasteiger partial charge in [-0.1, -0.05) is 41.9 Å². The molecule has 0 unspecified atom stereocenters. The van der Waals surface area contributed by atoms with Crippen LogP contribution in [0.5, 0.6) is 0 Å². The predicted molar refractivity (Wildman–Crippen MR) is 128 cm³/mol. The molecule has 0 aliphatic heterocycles. The van der Waals surface area contributed by atoms with Gasteiger partial charge in [0.15, 0.2) is 0 Å². The van der Waals surface area contributed by atoms with Gasteiger partial charge < -0.3 is 5.32 Å². The Bertz CT molecular complexity index is 1170. The predicted octanol–water partition coefficient (Wildman–Crippen LogP) is 6.85. The third-order valence-electron chi connectivity index (χ3n) is 5.16. The first-order chi connectivity index (χ1) is 15.0.